The third-order valence-corrected chi connectivity index (χ3v) is 5.70. The highest BCUT2D eigenvalue weighted by Gasteiger charge is 2.30. The second-order valence-electron chi connectivity index (χ2n) is 8.89. The largest absolute Gasteiger partial charge is 0.508 e. The number of amides is 4. The molecule has 8 N–H and O–H groups in total. The molecule has 12 heteroatoms. The van der Waals surface area contributed by atoms with Gasteiger partial charge in [0, 0.05) is 6.42 Å². The monoisotopic (exact) mass is 507 g/mol. The van der Waals surface area contributed by atoms with Gasteiger partial charge in [0.2, 0.25) is 23.6 Å². The third-order valence-electron chi connectivity index (χ3n) is 5.70. The molecule has 1 rings (SSSR count). The Kier molecular flexibility index (Phi) is 11.8. The molecule has 0 unspecified atom stereocenters. The quantitative estimate of drug-likeness (QED) is 0.183. The standard InChI is InChI=1S/C24H37N5O7/c1-6-12(2)19(24(35)36)29-22(33)15(5)26-21(32)14(4)27-23(34)18(28-20(31)13(3)25)11-16-7-9-17(30)10-8-16/h7-10,12-15,18-19,30H,6,11,25H2,1-5H3,(H,26,32)(H,27,34)(H,28,31)(H,29,33)(H,35,36)/t12-,13-,14-,15-,18-,19-/m0/s1. The highest BCUT2D eigenvalue weighted by Crippen LogP contribution is 2.12. The highest BCUT2D eigenvalue weighted by atomic mass is 16.4. The minimum atomic E-state index is -1.18. The summed E-state index contributed by atoms with van der Waals surface area (Å²) in [4.78, 5) is 61.5. The first-order valence-corrected chi connectivity index (χ1v) is 11.7. The number of phenolic OH excluding ortho intramolecular Hbond substituents is 1. The molecule has 0 bridgehead atoms. The van der Waals surface area contributed by atoms with Crippen LogP contribution in [0.5, 0.6) is 5.75 Å². The molecule has 0 aromatic heterocycles. The average molecular weight is 508 g/mol. The Morgan fingerprint density at radius 2 is 1.31 bits per heavy atom. The molecule has 0 aliphatic heterocycles. The normalized spacial score (nSPS) is 15.8. The SMILES string of the molecule is CC[C@H](C)[C@H](NC(=O)[C@H](C)NC(=O)[C@H](C)NC(=O)[C@H](Cc1ccc(O)cc1)NC(=O)[C@H](C)N)C(=O)O. The van der Waals surface area contributed by atoms with Crippen LogP contribution in [0.1, 0.15) is 46.6 Å². The average Bonchev–Trinajstić information content (AvgIpc) is 2.81. The molecule has 200 valence electrons. The van der Waals surface area contributed by atoms with E-state index < -0.39 is 59.8 Å². The van der Waals surface area contributed by atoms with E-state index in [0.29, 0.717) is 12.0 Å². The van der Waals surface area contributed by atoms with E-state index in [2.05, 4.69) is 21.3 Å². The van der Waals surface area contributed by atoms with E-state index >= 15 is 0 Å². The van der Waals surface area contributed by atoms with E-state index in [1.807, 2.05) is 0 Å². The minimum absolute atomic E-state index is 0.0432. The topological polar surface area (TPSA) is 200 Å². The summed E-state index contributed by atoms with van der Waals surface area (Å²) in [5.41, 5.74) is 6.24. The maximum atomic E-state index is 12.9. The summed E-state index contributed by atoms with van der Waals surface area (Å²) >= 11 is 0. The molecular formula is C24H37N5O7. The lowest BCUT2D eigenvalue weighted by atomic mass is 9.99. The zero-order valence-corrected chi connectivity index (χ0v) is 21.2. The van der Waals surface area contributed by atoms with Gasteiger partial charge in [0.05, 0.1) is 6.04 Å². The smallest absolute Gasteiger partial charge is 0.326 e. The van der Waals surface area contributed by atoms with E-state index in [1.54, 1.807) is 26.0 Å². The molecule has 12 nitrogen and oxygen atoms in total. The van der Waals surface area contributed by atoms with Gasteiger partial charge in [-0.2, -0.15) is 0 Å². The summed E-state index contributed by atoms with van der Waals surface area (Å²) in [6.07, 6.45) is 0.607. The Hall–Kier alpha value is -3.67. The fourth-order valence-electron chi connectivity index (χ4n) is 3.12. The molecule has 6 atom stereocenters. The molecule has 0 aliphatic carbocycles. The molecule has 0 aliphatic rings. The van der Waals surface area contributed by atoms with Crippen molar-refractivity contribution in [3.8, 4) is 5.75 Å². The van der Waals surface area contributed by atoms with Crippen molar-refractivity contribution in [1.29, 1.82) is 0 Å². The van der Waals surface area contributed by atoms with Crippen molar-refractivity contribution < 1.29 is 34.2 Å². The van der Waals surface area contributed by atoms with Crippen LogP contribution < -0.4 is 27.0 Å². The van der Waals surface area contributed by atoms with Crippen LogP contribution in [0.3, 0.4) is 0 Å². The molecule has 0 spiro atoms. The molecule has 0 saturated heterocycles. The first-order valence-electron chi connectivity index (χ1n) is 11.7. The minimum Gasteiger partial charge on any atom is -0.508 e. The van der Waals surface area contributed by atoms with E-state index in [0.717, 1.165) is 0 Å². The second kappa shape index (κ2) is 14.0. The van der Waals surface area contributed by atoms with Crippen LogP contribution in [0.2, 0.25) is 0 Å². The number of carboxylic acid groups (broad SMARTS) is 1. The number of carboxylic acids is 1. The Labute approximate surface area is 210 Å². The van der Waals surface area contributed by atoms with E-state index in [4.69, 9.17) is 5.73 Å². The summed E-state index contributed by atoms with van der Waals surface area (Å²) < 4.78 is 0. The number of carbonyl (C=O) groups is 5. The zero-order valence-electron chi connectivity index (χ0n) is 21.2. The van der Waals surface area contributed by atoms with Crippen molar-refractivity contribution in [2.45, 2.75) is 77.7 Å². The number of carbonyl (C=O) groups excluding carboxylic acids is 4. The molecule has 0 radical (unpaired) electrons. The molecule has 0 heterocycles. The van der Waals surface area contributed by atoms with Crippen LogP contribution in [-0.2, 0) is 30.4 Å². The maximum Gasteiger partial charge on any atom is 0.326 e. The molecule has 4 amide bonds. The van der Waals surface area contributed by atoms with Crippen LogP contribution in [0.25, 0.3) is 0 Å². The van der Waals surface area contributed by atoms with Gasteiger partial charge in [0.1, 0.15) is 29.9 Å². The molecule has 1 aromatic carbocycles. The van der Waals surface area contributed by atoms with Gasteiger partial charge in [-0.15, -0.1) is 0 Å². The fraction of sp³-hybridized carbons (Fsp3) is 0.542. The van der Waals surface area contributed by atoms with Crippen molar-refractivity contribution in [1.82, 2.24) is 21.3 Å². The van der Waals surface area contributed by atoms with Gasteiger partial charge >= 0.3 is 5.97 Å². The number of aliphatic carboxylic acids is 1. The van der Waals surface area contributed by atoms with Crippen molar-refractivity contribution in [2.24, 2.45) is 11.7 Å². The first kappa shape index (κ1) is 30.4. The maximum absolute atomic E-state index is 12.9. The van der Waals surface area contributed by atoms with Crippen LogP contribution in [0, 0.1) is 5.92 Å². The molecule has 0 fully saturated rings. The lowest BCUT2D eigenvalue weighted by Gasteiger charge is -2.24. The second-order valence-corrected chi connectivity index (χ2v) is 8.89. The first-order chi connectivity index (χ1) is 16.8. The highest BCUT2D eigenvalue weighted by molar-refractivity contribution is 5.95. The Morgan fingerprint density at radius 1 is 0.806 bits per heavy atom. The third kappa shape index (κ3) is 9.53. The number of benzene rings is 1. The van der Waals surface area contributed by atoms with E-state index in [1.165, 1.54) is 32.9 Å². The van der Waals surface area contributed by atoms with Gasteiger partial charge in [0.15, 0.2) is 0 Å². The Morgan fingerprint density at radius 3 is 1.78 bits per heavy atom. The summed E-state index contributed by atoms with van der Waals surface area (Å²) in [7, 11) is 0. The summed E-state index contributed by atoms with van der Waals surface area (Å²) in [6, 6.07) is 0.892. The van der Waals surface area contributed by atoms with Gasteiger partial charge in [-0.05, 0) is 44.4 Å². The number of nitrogens with one attached hydrogen (secondary N) is 4. The lowest BCUT2D eigenvalue weighted by Crippen LogP contribution is -2.57. The van der Waals surface area contributed by atoms with Crippen LogP contribution in [-0.4, -0.2) is 70.0 Å². The van der Waals surface area contributed by atoms with Gasteiger partial charge in [-0.25, -0.2) is 4.79 Å². The van der Waals surface area contributed by atoms with Crippen LogP contribution in [0.15, 0.2) is 24.3 Å². The van der Waals surface area contributed by atoms with E-state index in [-0.39, 0.29) is 18.1 Å². The number of phenols is 1. The van der Waals surface area contributed by atoms with Gasteiger partial charge in [-0.1, -0.05) is 32.4 Å². The fourth-order valence-corrected chi connectivity index (χ4v) is 3.12. The molecule has 1 aromatic rings. The Bertz CT molecular complexity index is 935. The number of rotatable bonds is 13. The number of hydrogen-bond acceptors (Lipinski definition) is 7. The molecule has 0 saturated carbocycles. The molecular weight excluding hydrogens is 470 g/mol. The van der Waals surface area contributed by atoms with Crippen molar-refractivity contribution in [2.75, 3.05) is 0 Å². The van der Waals surface area contributed by atoms with Crippen LogP contribution in [0.4, 0.5) is 0 Å². The number of aromatic hydroxyl groups is 1. The summed E-state index contributed by atoms with van der Waals surface area (Å²) in [5.74, 6) is -4.02. The van der Waals surface area contributed by atoms with Crippen LogP contribution >= 0.6 is 0 Å². The van der Waals surface area contributed by atoms with Crippen molar-refractivity contribution in [3.63, 3.8) is 0 Å². The number of hydrogen-bond donors (Lipinski definition) is 7. The predicted molar refractivity (Wildman–Crippen MR) is 132 cm³/mol. The lowest BCUT2D eigenvalue weighted by molar-refractivity contribution is -0.143. The molecule has 36 heavy (non-hydrogen) atoms. The van der Waals surface area contributed by atoms with Crippen molar-refractivity contribution in [3.05, 3.63) is 29.8 Å². The van der Waals surface area contributed by atoms with E-state index in [9.17, 15) is 34.2 Å². The summed E-state index contributed by atoms with van der Waals surface area (Å²) in [6.45, 7) is 7.76. The van der Waals surface area contributed by atoms with Crippen molar-refractivity contribution >= 4 is 29.6 Å². The predicted octanol–water partition coefficient (Wildman–Crippen LogP) is -0.608. The van der Waals surface area contributed by atoms with Gasteiger partial charge in [-0.3, -0.25) is 19.2 Å². The number of nitrogens with two attached hydrogens (primary N) is 1. The summed E-state index contributed by atoms with van der Waals surface area (Å²) in [5, 5.41) is 28.7. The van der Waals surface area contributed by atoms with Gasteiger partial charge in [0.25, 0.3) is 0 Å². The van der Waals surface area contributed by atoms with Gasteiger partial charge < -0.3 is 37.2 Å². The Balaban J connectivity index is 2.82. The zero-order chi connectivity index (χ0) is 27.6.